The van der Waals surface area contributed by atoms with Gasteiger partial charge in [0, 0.05) is 12.1 Å². The number of hydrogen-bond acceptors (Lipinski definition) is 6. The molecule has 0 aromatic carbocycles. The summed E-state index contributed by atoms with van der Waals surface area (Å²) in [5.41, 5.74) is 3.65. The first-order chi connectivity index (χ1) is 9.11. The fraction of sp³-hybridized carbons (Fsp3) is 0.500. The largest absolute Gasteiger partial charge is 0.466 e. The highest BCUT2D eigenvalue weighted by Gasteiger charge is 2.02. The maximum Gasteiger partial charge on any atom is 0.305 e. The highest BCUT2D eigenvalue weighted by Crippen LogP contribution is 2.06. The first-order valence-electron chi connectivity index (χ1n) is 6.06. The van der Waals surface area contributed by atoms with Gasteiger partial charge in [-0.05, 0) is 38.8 Å². The van der Waals surface area contributed by atoms with Crippen LogP contribution in [0.5, 0.6) is 0 Å². The quantitative estimate of drug-likeness (QED) is 0.473. The molecule has 0 aliphatic heterocycles. The number of nitrogens with one attached hydrogen (secondary N) is 1. The third-order valence-corrected chi connectivity index (χ3v) is 2.42. The molecule has 0 unspecified atom stereocenters. The summed E-state index contributed by atoms with van der Waals surface area (Å²) in [6.45, 7) is 4.09. The predicted octanol–water partition coefficient (Wildman–Crippen LogP) is 2.65. The van der Waals surface area contributed by atoms with Gasteiger partial charge in [0.1, 0.15) is 0 Å². The van der Waals surface area contributed by atoms with Crippen LogP contribution >= 0.6 is 11.6 Å². The van der Waals surface area contributed by atoms with Crippen molar-refractivity contribution in [1.29, 1.82) is 0 Å². The van der Waals surface area contributed by atoms with Crippen LogP contribution in [0.1, 0.15) is 33.1 Å². The Bertz CT molecular complexity index is 434. The van der Waals surface area contributed by atoms with Gasteiger partial charge in [-0.25, -0.2) is 0 Å². The topological polar surface area (TPSA) is 76.5 Å². The summed E-state index contributed by atoms with van der Waals surface area (Å²) in [5.74, 6) is 0.348. The normalized spacial score (nSPS) is 11.2. The number of carbonyl (C=O) groups excluding carboxylic acids is 1. The molecule has 1 rings (SSSR count). The van der Waals surface area contributed by atoms with Crippen LogP contribution in [0.15, 0.2) is 17.2 Å². The van der Waals surface area contributed by atoms with Crippen molar-refractivity contribution in [2.75, 3.05) is 12.0 Å². The fourth-order valence-electron chi connectivity index (χ4n) is 1.31. The lowest BCUT2D eigenvalue weighted by Crippen LogP contribution is -2.05. The molecule has 0 fully saturated rings. The van der Waals surface area contributed by atoms with Gasteiger partial charge in [-0.15, -0.1) is 10.2 Å². The SMILES string of the molecule is CCOC(=O)CCCC(C)=NNc1ccc(Cl)nn1. The Balaban J connectivity index is 2.29. The molecule has 0 saturated carbocycles. The van der Waals surface area contributed by atoms with Crippen LogP contribution in [0.4, 0.5) is 5.82 Å². The van der Waals surface area contributed by atoms with Crippen LogP contribution in [0.3, 0.4) is 0 Å². The zero-order valence-electron chi connectivity index (χ0n) is 11.0. The number of ether oxygens (including phenoxy) is 1. The molecule has 1 heterocycles. The molecule has 1 aromatic rings. The standard InChI is InChI=1S/C12H17ClN4O2/c1-3-19-12(18)6-4-5-9(2)14-16-11-8-7-10(13)15-17-11/h7-8H,3-6H2,1-2H3,(H,16,17). The van der Waals surface area contributed by atoms with E-state index in [1.807, 2.05) is 6.92 Å². The van der Waals surface area contributed by atoms with Gasteiger partial charge >= 0.3 is 5.97 Å². The van der Waals surface area contributed by atoms with E-state index in [0.717, 1.165) is 5.71 Å². The Labute approximate surface area is 117 Å². The average molecular weight is 285 g/mol. The van der Waals surface area contributed by atoms with Crippen molar-refractivity contribution in [3.05, 3.63) is 17.3 Å². The van der Waals surface area contributed by atoms with Gasteiger partial charge in [0.25, 0.3) is 0 Å². The second-order valence-electron chi connectivity index (χ2n) is 3.86. The lowest BCUT2D eigenvalue weighted by molar-refractivity contribution is -0.143. The van der Waals surface area contributed by atoms with E-state index < -0.39 is 0 Å². The molecule has 0 amide bonds. The molecule has 6 nitrogen and oxygen atoms in total. The number of hydrogen-bond donors (Lipinski definition) is 1. The van der Waals surface area contributed by atoms with Crippen LogP contribution in [-0.4, -0.2) is 28.5 Å². The fourth-order valence-corrected chi connectivity index (χ4v) is 1.41. The highest BCUT2D eigenvalue weighted by molar-refractivity contribution is 6.29. The second-order valence-corrected chi connectivity index (χ2v) is 4.25. The number of aromatic nitrogens is 2. The van der Waals surface area contributed by atoms with Crippen LogP contribution in [0, 0.1) is 0 Å². The summed E-state index contributed by atoms with van der Waals surface area (Å²) >= 11 is 5.62. The summed E-state index contributed by atoms with van der Waals surface area (Å²) in [7, 11) is 0. The zero-order valence-corrected chi connectivity index (χ0v) is 11.8. The highest BCUT2D eigenvalue weighted by atomic mass is 35.5. The van der Waals surface area contributed by atoms with E-state index in [2.05, 4.69) is 20.7 Å². The minimum absolute atomic E-state index is 0.174. The summed E-state index contributed by atoms with van der Waals surface area (Å²) in [4.78, 5) is 11.1. The van der Waals surface area contributed by atoms with E-state index in [-0.39, 0.29) is 5.97 Å². The Hall–Kier alpha value is -1.69. The Morgan fingerprint density at radius 2 is 2.21 bits per heavy atom. The smallest absolute Gasteiger partial charge is 0.305 e. The first-order valence-corrected chi connectivity index (χ1v) is 6.43. The third-order valence-electron chi connectivity index (χ3n) is 2.22. The second kappa shape index (κ2) is 8.42. The molecule has 1 aromatic heterocycles. The number of rotatable bonds is 7. The van der Waals surface area contributed by atoms with E-state index in [0.29, 0.717) is 36.8 Å². The summed E-state index contributed by atoms with van der Waals surface area (Å²) < 4.78 is 4.84. The van der Waals surface area contributed by atoms with E-state index in [1.54, 1.807) is 19.1 Å². The average Bonchev–Trinajstić information content (AvgIpc) is 2.38. The van der Waals surface area contributed by atoms with Crippen LogP contribution < -0.4 is 5.43 Å². The monoisotopic (exact) mass is 284 g/mol. The van der Waals surface area contributed by atoms with Crippen molar-refractivity contribution in [3.8, 4) is 0 Å². The molecule has 19 heavy (non-hydrogen) atoms. The number of nitrogens with zero attached hydrogens (tertiary/aromatic N) is 3. The lowest BCUT2D eigenvalue weighted by Gasteiger charge is -2.03. The zero-order chi connectivity index (χ0) is 14.1. The molecule has 0 aliphatic rings. The van der Waals surface area contributed by atoms with Crippen molar-refractivity contribution in [2.45, 2.75) is 33.1 Å². The van der Waals surface area contributed by atoms with Gasteiger partial charge in [-0.3, -0.25) is 10.2 Å². The number of halogens is 1. The van der Waals surface area contributed by atoms with Crippen molar-refractivity contribution in [1.82, 2.24) is 10.2 Å². The molecule has 104 valence electrons. The molecule has 0 bridgehead atoms. The third kappa shape index (κ3) is 6.71. The van der Waals surface area contributed by atoms with Gasteiger partial charge in [0.05, 0.1) is 6.61 Å². The van der Waals surface area contributed by atoms with Gasteiger partial charge < -0.3 is 4.74 Å². The predicted molar refractivity (Wildman–Crippen MR) is 74.3 cm³/mol. The molecule has 0 spiro atoms. The number of esters is 1. The van der Waals surface area contributed by atoms with Crippen molar-refractivity contribution in [2.24, 2.45) is 5.10 Å². The minimum atomic E-state index is -0.174. The molecule has 0 atom stereocenters. The van der Waals surface area contributed by atoms with Gasteiger partial charge in [0.2, 0.25) is 0 Å². The van der Waals surface area contributed by atoms with Gasteiger partial charge in [-0.2, -0.15) is 5.10 Å². The summed E-state index contributed by atoms with van der Waals surface area (Å²) in [6, 6.07) is 3.31. The molecular weight excluding hydrogens is 268 g/mol. The Kier molecular flexibility index (Phi) is 6.81. The van der Waals surface area contributed by atoms with E-state index in [1.165, 1.54) is 0 Å². The van der Waals surface area contributed by atoms with Crippen molar-refractivity contribution in [3.63, 3.8) is 0 Å². The number of anilines is 1. The first kappa shape index (κ1) is 15.4. The van der Waals surface area contributed by atoms with Gasteiger partial charge in [0.15, 0.2) is 11.0 Å². The van der Waals surface area contributed by atoms with Crippen LogP contribution in [-0.2, 0) is 9.53 Å². The van der Waals surface area contributed by atoms with Crippen LogP contribution in [0.25, 0.3) is 0 Å². The number of hydrazone groups is 1. The molecule has 1 N–H and O–H groups in total. The molecule has 0 radical (unpaired) electrons. The summed E-state index contributed by atoms with van der Waals surface area (Å²) in [5, 5.41) is 12.0. The molecular formula is C12H17ClN4O2. The van der Waals surface area contributed by atoms with Crippen molar-refractivity contribution >= 4 is 29.1 Å². The minimum Gasteiger partial charge on any atom is -0.466 e. The lowest BCUT2D eigenvalue weighted by atomic mass is 10.2. The Morgan fingerprint density at radius 3 is 2.84 bits per heavy atom. The van der Waals surface area contributed by atoms with E-state index in [4.69, 9.17) is 16.3 Å². The van der Waals surface area contributed by atoms with Gasteiger partial charge in [-0.1, -0.05) is 11.6 Å². The molecule has 0 saturated heterocycles. The van der Waals surface area contributed by atoms with E-state index in [9.17, 15) is 4.79 Å². The van der Waals surface area contributed by atoms with Crippen molar-refractivity contribution < 1.29 is 9.53 Å². The molecule has 7 heteroatoms. The maximum atomic E-state index is 11.1. The molecule has 0 aliphatic carbocycles. The maximum absolute atomic E-state index is 11.1. The Morgan fingerprint density at radius 1 is 1.42 bits per heavy atom. The van der Waals surface area contributed by atoms with E-state index >= 15 is 0 Å². The summed E-state index contributed by atoms with van der Waals surface area (Å²) in [6.07, 6.45) is 1.83. The van der Waals surface area contributed by atoms with Crippen LogP contribution in [0.2, 0.25) is 5.15 Å². The number of carbonyl (C=O) groups is 1.